The predicted octanol–water partition coefficient (Wildman–Crippen LogP) is 2.26. The molecule has 0 saturated carbocycles. The molecule has 1 heterocycles. The van der Waals surface area contributed by atoms with Crippen molar-refractivity contribution in [2.75, 3.05) is 11.4 Å². The van der Waals surface area contributed by atoms with Gasteiger partial charge in [-0.25, -0.2) is 0 Å². The summed E-state index contributed by atoms with van der Waals surface area (Å²) in [6.07, 6.45) is 0.840. The van der Waals surface area contributed by atoms with E-state index < -0.39 is 24.0 Å². The summed E-state index contributed by atoms with van der Waals surface area (Å²) < 4.78 is 0. The lowest BCUT2D eigenvalue weighted by atomic mass is 9.75. The van der Waals surface area contributed by atoms with Gasteiger partial charge in [-0.05, 0) is 30.0 Å². The smallest absolute Gasteiger partial charge is 0.323 e. The molecule has 0 atom stereocenters. The second-order valence-electron chi connectivity index (χ2n) is 7.47. The fourth-order valence-electron chi connectivity index (χ4n) is 3.36. The maximum atomic E-state index is 13.0. The SMILES string of the molecule is CC1(C)CC(=O)c2cc(C(=O)N(CC(=O)O)c3ccccc3)c(=O)[nH]c2C1. The highest BCUT2D eigenvalue weighted by atomic mass is 16.4. The zero-order valence-electron chi connectivity index (χ0n) is 15.1. The number of hydrogen-bond donors (Lipinski definition) is 2. The van der Waals surface area contributed by atoms with Gasteiger partial charge in [-0.1, -0.05) is 32.0 Å². The molecule has 7 heteroatoms. The van der Waals surface area contributed by atoms with Gasteiger partial charge in [0.2, 0.25) is 0 Å². The highest BCUT2D eigenvalue weighted by molar-refractivity contribution is 6.09. The minimum atomic E-state index is -1.21. The monoisotopic (exact) mass is 368 g/mol. The van der Waals surface area contributed by atoms with Gasteiger partial charge in [0.25, 0.3) is 11.5 Å². The van der Waals surface area contributed by atoms with E-state index in [9.17, 15) is 19.2 Å². The Morgan fingerprint density at radius 3 is 2.44 bits per heavy atom. The van der Waals surface area contributed by atoms with E-state index in [-0.39, 0.29) is 16.8 Å². The summed E-state index contributed by atoms with van der Waals surface area (Å²) in [7, 11) is 0. The number of fused-ring (bicyclic) bond motifs is 1. The summed E-state index contributed by atoms with van der Waals surface area (Å²) in [5, 5.41) is 9.17. The number of carbonyl (C=O) groups is 3. The number of carboxylic acid groups (broad SMARTS) is 1. The van der Waals surface area contributed by atoms with E-state index in [0.29, 0.717) is 29.8 Å². The van der Waals surface area contributed by atoms with Crippen LogP contribution in [0.1, 0.15) is 46.7 Å². The molecule has 2 aromatic rings. The number of ketones is 1. The van der Waals surface area contributed by atoms with Crippen molar-refractivity contribution in [1.82, 2.24) is 4.98 Å². The van der Waals surface area contributed by atoms with Crippen molar-refractivity contribution in [1.29, 1.82) is 0 Å². The number of aliphatic carboxylic acids is 1. The summed E-state index contributed by atoms with van der Waals surface area (Å²) in [4.78, 5) is 52.8. The van der Waals surface area contributed by atoms with Crippen LogP contribution in [-0.4, -0.2) is 34.3 Å². The molecule has 0 aliphatic heterocycles. The molecular weight excluding hydrogens is 348 g/mol. The van der Waals surface area contributed by atoms with E-state index in [1.54, 1.807) is 30.3 Å². The van der Waals surface area contributed by atoms with Gasteiger partial charge in [0.05, 0.1) is 0 Å². The normalized spacial score (nSPS) is 15.1. The van der Waals surface area contributed by atoms with Crippen molar-refractivity contribution in [3.63, 3.8) is 0 Å². The van der Waals surface area contributed by atoms with Crippen LogP contribution < -0.4 is 10.5 Å². The topological polar surface area (TPSA) is 108 Å². The number of nitrogens with zero attached hydrogens (tertiary/aromatic N) is 1. The summed E-state index contributed by atoms with van der Waals surface area (Å²) >= 11 is 0. The third kappa shape index (κ3) is 3.81. The van der Waals surface area contributed by atoms with Gasteiger partial charge in [-0.15, -0.1) is 0 Å². The maximum Gasteiger partial charge on any atom is 0.323 e. The summed E-state index contributed by atoms with van der Waals surface area (Å²) in [5.74, 6) is -2.11. The molecule has 27 heavy (non-hydrogen) atoms. The minimum Gasteiger partial charge on any atom is -0.480 e. The van der Waals surface area contributed by atoms with Crippen LogP contribution in [0.3, 0.4) is 0 Å². The largest absolute Gasteiger partial charge is 0.480 e. The first-order chi connectivity index (χ1) is 12.7. The second kappa shape index (κ2) is 6.83. The molecule has 1 aliphatic carbocycles. The maximum absolute atomic E-state index is 13.0. The number of hydrogen-bond acceptors (Lipinski definition) is 4. The van der Waals surface area contributed by atoms with E-state index in [4.69, 9.17) is 5.11 Å². The Kier molecular flexibility index (Phi) is 4.70. The molecule has 1 amide bonds. The van der Waals surface area contributed by atoms with Crippen LogP contribution in [0.5, 0.6) is 0 Å². The standard InChI is InChI=1S/C20H20N2O5/c1-20(2)9-15-13(16(23)10-20)8-14(18(26)21-15)19(27)22(11-17(24)25)12-6-4-3-5-7-12/h3-8H,9-11H2,1-2H3,(H,21,26)(H,24,25). The van der Waals surface area contributed by atoms with E-state index in [1.807, 2.05) is 13.8 Å². The third-order valence-corrected chi connectivity index (χ3v) is 4.55. The van der Waals surface area contributed by atoms with Crippen molar-refractivity contribution in [3.05, 3.63) is 63.6 Å². The van der Waals surface area contributed by atoms with E-state index in [1.165, 1.54) is 6.07 Å². The number of H-pyrrole nitrogens is 1. The number of nitrogens with one attached hydrogen (secondary N) is 1. The molecular formula is C20H20N2O5. The number of rotatable bonds is 4. The van der Waals surface area contributed by atoms with Crippen LogP contribution in [-0.2, 0) is 11.2 Å². The van der Waals surface area contributed by atoms with Crippen LogP contribution in [0.4, 0.5) is 5.69 Å². The molecule has 0 unspecified atom stereocenters. The molecule has 0 saturated heterocycles. The lowest BCUT2D eigenvalue weighted by molar-refractivity contribution is -0.135. The Morgan fingerprint density at radius 1 is 1.15 bits per heavy atom. The van der Waals surface area contributed by atoms with Crippen LogP contribution in [0.25, 0.3) is 0 Å². The highest BCUT2D eigenvalue weighted by Gasteiger charge is 2.33. The number of pyridine rings is 1. The molecule has 7 nitrogen and oxygen atoms in total. The van der Waals surface area contributed by atoms with Crippen LogP contribution >= 0.6 is 0 Å². The summed E-state index contributed by atoms with van der Waals surface area (Å²) in [6.45, 7) is 3.28. The van der Waals surface area contributed by atoms with Crippen molar-refractivity contribution in [2.24, 2.45) is 5.41 Å². The van der Waals surface area contributed by atoms with Gasteiger partial charge in [0.15, 0.2) is 5.78 Å². The fourth-order valence-corrected chi connectivity index (χ4v) is 3.36. The number of anilines is 1. The quantitative estimate of drug-likeness (QED) is 0.861. The Hall–Kier alpha value is -3.22. The lowest BCUT2D eigenvalue weighted by Gasteiger charge is -2.30. The Labute approximate surface area is 155 Å². The summed E-state index contributed by atoms with van der Waals surface area (Å²) in [6, 6.07) is 9.54. The van der Waals surface area contributed by atoms with Crippen molar-refractivity contribution < 1.29 is 19.5 Å². The van der Waals surface area contributed by atoms with Gasteiger partial charge in [0.1, 0.15) is 12.1 Å². The second-order valence-corrected chi connectivity index (χ2v) is 7.47. The number of para-hydroxylation sites is 1. The first kappa shape index (κ1) is 18.6. The average molecular weight is 368 g/mol. The Bertz CT molecular complexity index is 976. The van der Waals surface area contributed by atoms with Crippen LogP contribution in [0.15, 0.2) is 41.2 Å². The van der Waals surface area contributed by atoms with Crippen molar-refractivity contribution >= 4 is 23.3 Å². The number of benzene rings is 1. The molecule has 2 N–H and O–H groups in total. The zero-order chi connectivity index (χ0) is 19.8. The molecule has 1 aromatic carbocycles. The number of aromatic nitrogens is 1. The molecule has 1 aromatic heterocycles. The van der Waals surface area contributed by atoms with Crippen molar-refractivity contribution in [3.8, 4) is 0 Å². The van der Waals surface area contributed by atoms with Crippen LogP contribution in [0.2, 0.25) is 0 Å². The molecule has 0 bridgehead atoms. The number of amides is 1. The first-order valence-electron chi connectivity index (χ1n) is 8.56. The number of carboxylic acids is 1. The molecule has 0 fully saturated rings. The lowest BCUT2D eigenvalue weighted by Crippen LogP contribution is -2.40. The molecule has 0 radical (unpaired) electrons. The zero-order valence-corrected chi connectivity index (χ0v) is 15.1. The number of carbonyl (C=O) groups excluding carboxylic acids is 2. The molecule has 3 rings (SSSR count). The van der Waals surface area contributed by atoms with E-state index >= 15 is 0 Å². The fraction of sp³-hybridized carbons (Fsp3) is 0.300. The summed E-state index contributed by atoms with van der Waals surface area (Å²) in [5.41, 5.74) is 0.0534. The molecule has 0 spiro atoms. The van der Waals surface area contributed by atoms with E-state index in [2.05, 4.69) is 4.98 Å². The van der Waals surface area contributed by atoms with Crippen molar-refractivity contribution in [2.45, 2.75) is 26.7 Å². The van der Waals surface area contributed by atoms with Gasteiger partial charge in [0, 0.05) is 23.4 Å². The van der Waals surface area contributed by atoms with Gasteiger partial charge in [-0.3, -0.25) is 24.1 Å². The van der Waals surface area contributed by atoms with Gasteiger partial charge >= 0.3 is 5.97 Å². The Morgan fingerprint density at radius 2 is 1.81 bits per heavy atom. The van der Waals surface area contributed by atoms with Gasteiger partial charge in [-0.2, -0.15) is 0 Å². The number of Topliss-reactive ketones (excluding diaryl/α,β-unsaturated/α-hetero) is 1. The van der Waals surface area contributed by atoms with Gasteiger partial charge < -0.3 is 10.1 Å². The predicted molar refractivity (Wildman–Crippen MR) is 99.2 cm³/mol. The highest BCUT2D eigenvalue weighted by Crippen LogP contribution is 2.33. The average Bonchev–Trinajstić information content (AvgIpc) is 2.58. The van der Waals surface area contributed by atoms with Crippen LogP contribution in [0, 0.1) is 5.41 Å². The Balaban J connectivity index is 2.06. The first-order valence-corrected chi connectivity index (χ1v) is 8.56. The molecule has 1 aliphatic rings. The molecule has 140 valence electrons. The number of aromatic amines is 1. The van der Waals surface area contributed by atoms with E-state index in [0.717, 1.165) is 4.90 Å². The third-order valence-electron chi connectivity index (χ3n) is 4.55. The minimum absolute atomic E-state index is 0.143.